The summed E-state index contributed by atoms with van der Waals surface area (Å²) in [7, 11) is 0. The maximum Gasteiger partial charge on any atom is 0.310 e. The number of nitro benzene ring substituents is 1. The Kier molecular flexibility index (Phi) is 3.33. The van der Waals surface area contributed by atoms with Gasteiger partial charge in [0.1, 0.15) is 18.3 Å². The van der Waals surface area contributed by atoms with Gasteiger partial charge >= 0.3 is 5.69 Å². The standard InChI is InChI=1S/C13H15NO6/c1-7-2-3-8(14(16)17)10(4-7)20-11-6-19-12-9(15)5-18-13(11)12/h2-4,9,11-13,15H,5-6H2,1H3/t9-,11?,12-,13-/m1/s1. The van der Waals surface area contributed by atoms with Gasteiger partial charge in [-0.15, -0.1) is 0 Å². The third kappa shape index (κ3) is 2.24. The number of aliphatic hydroxyl groups is 1. The molecule has 0 aromatic heterocycles. The molecule has 2 fully saturated rings. The van der Waals surface area contributed by atoms with E-state index >= 15 is 0 Å². The Hall–Kier alpha value is -1.70. The molecule has 20 heavy (non-hydrogen) atoms. The smallest absolute Gasteiger partial charge is 0.310 e. The number of hydrogen-bond donors (Lipinski definition) is 1. The molecule has 0 saturated carbocycles. The van der Waals surface area contributed by atoms with E-state index in [4.69, 9.17) is 14.2 Å². The molecular weight excluding hydrogens is 266 g/mol. The summed E-state index contributed by atoms with van der Waals surface area (Å²) in [5.74, 6) is 0.203. The topological polar surface area (TPSA) is 91.1 Å². The number of ether oxygens (including phenoxy) is 3. The second-order valence-corrected chi connectivity index (χ2v) is 5.05. The molecule has 4 atom stereocenters. The first-order valence-electron chi connectivity index (χ1n) is 6.39. The molecule has 0 spiro atoms. The average molecular weight is 281 g/mol. The highest BCUT2D eigenvalue weighted by molar-refractivity contribution is 5.48. The fourth-order valence-electron chi connectivity index (χ4n) is 2.57. The first kappa shape index (κ1) is 13.3. The van der Waals surface area contributed by atoms with Crippen molar-refractivity contribution in [1.29, 1.82) is 0 Å². The summed E-state index contributed by atoms with van der Waals surface area (Å²) in [6.07, 6.45) is -1.91. The highest BCUT2D eigenvalue weighted by Crippen LogP contribution is 2.34. The summed E-state index contributed by atoms with van der Waals surface area (Å²) in [6, 6.07) is 4.70. The van der Waals surface area contributed by atoms with Gasteiger partial charge in [-0.2, -0.15) is 0 Å². The summed E-state index contributed by atoms with van der Waals surface area (Å²) < 4.78 is 16.6. The number of rotatable bonds is 3. The Bertz CT molecular complexity index is 534. The minimum atomic E-state index is -0.666. The maximum absolute atomic E-state index is 11.0. The molecular formula is C13H15NO6. The van der Waals surface area contributed by atoms with Gasteiger partial charge in [0, 0.05) is 6.07 Å². The van der Waals surface area contributed by atoms with Crippen LogP contribution in [0.1, 0.15) is 5.56 Å². The Morgan fingerprint density at radius 1 is 1.35 bits per heavy atom. The van der Waals surface area contributed by atoms with E-state index in [2.05, 4.69) is 0 Å². The summed E-state index contributed by atoms with van der Waals surface area (Å²) >= 11 is 0. The van der Waals surface area contributed by atoms with Crippen molar-refractivity contribution < 1.29 is 24.2 Å². The highest BCUT2D eigenvalue weighted by atomic mass is 16.6. The minimum Gasteiger partial charge on any atom is -0.478 e. The summed E-state index contributed by atoms with van der Waals surface area (Å²) in [6.45, 7) is 2.28. The molecule has 1 aromatic rings. The molecule has 1 N–H and O–H groups in total. The molecule has 2 saturated heterocycles. The highest BCUT2D eigenvalue weighted by Gasteiger charge is 2.48. The fraction of sp³-hybridized carbons (Fsp3) is 0.538. The van der Waals surface area contributed by atoms with Crippen LogP contribution in [0.25, 0.3) is 0 Å². The second kappa shape index (κ2) is 5.01. The first-order valence-corrected chi connectivity index (χ1v) is 6.39. The predicted octanol–water partition coefficient (Wildman–Crippen LogP) is 0.809. The van der Waals surface area contributed by atoms with Crippen LogP contribution in [-0.2, 0) is 9.47 Å². The van der Waals surface area contributed by atoms with E-state index in [-0.39, 0.29) is 30.8 Å². The second-order valence-electron chi connectivity index (χ2n) is 5.05. The summed E-state index contributed by atoms with van der Waals surface area (Å²) in [5.41, 5.74) is 0.783. The third-order valence-electron chi connectivity index (χ3n) is 3.57. The van der Waals surface area contributed by atoms with Crippen molar-refractivity contribution in [3.8, 4) is 5.75 Å². The molecule has 7 heteroatoms. The van der Waals surface area contributed by atoms with Crippen molar-refractivity contribution >= 4 is 5.69 Å². The van der Waals surface area contributed by atoms with E-state index in [9.17, 15) is 15.2 Å². The molecule has 0 aliphatic carbocycles. The number of aryl methyl sites for hydroxylation is 1. The zero-order valence-electron chi connectivity index (χ0n) is 10.9. The number of nitro groups is 1. The van der Waals surface area contributed by atoms with Gasteiger partial charge < -0.3 is 19.3 Å². The van der Waals surface area contributed by atoms with Gasteiger partial charge in [0.05, 0.1) is 18.1 Å². The van der Waals surface area contributed by atoms with Gasteiger partial charge in [-0.25, -0.2) is 0 Å². The molecule has 0 bridgehead atoms. The Morgan fingerprint density at radius 2 is 2.10 bits per heavy atom. The lowest BCUT2D eigenvalue weighted by molar-refractivity contribution is -0.386. The van der Waals surface area contributed by atoms with Crippen molar-refractivity contribution in [2.75, 3.05) is 13.2 Å². The van der Waals surface area contributed by atoms with E-state index < -0.39 is 23.2 Å². The van der Waals surface area contributed by atoms with Crippen molar-refractivity contribution in [1.82, 2.24) is 0 Å². The quantitative estimate of drug-likeness (QED) is 0.651. The first-order chi connectivity index (χ1) is 9.56. The van der Waals surface area contributed by atoms with Gasteiger partial charge in [0.25, 0.3) is 0 Å². The van der Waals surface area contributed by atoms with Crippen LogP contribution in [0.5, 0.6) is 5.75 Å². The van der Waals surface area contributed by atoms with Crippen LogP contribution in [0.4, 0.5) is 5.69 Å². The van der Waals surface area contributed by atoms with E-state index in [0.717, 1.165) is 5.56 Å². The van der Waals surface area contributed by atoms with Gasteiger partial charge in [-0.3, -0.25) is 10.1 Å². The lowest BCUT2D eigenvalue weighted by Gasteiger charge is -2.18. The van der Waals surface area contributed by atoms with Crippen LogP contribution in [0.2, 0.25) is 0 Å². The Morgan fingerprint density at radius 3 is 2.85 bits per heavy atom. The number of benzene rings is 1. The Labute approximate surface area is 115 Å². The molecule has 1 aromatic carbocycles. The van der Waals surface area contributed by atoms with E-state index in [1.54, 1.807) is 12.1 Å². The van der Waals surface area contributed by atoms with Crippen molar-refractivity contribution in [3.05, 3.63) is 33.9 Å². The summed E-state index contributed by atoms with van der Waals surface area (Å²) in [5, 5.41) is 20.7. The average Bonchev–Trinajstić information content (AvgIpc) is 2.94. The monoisotopic (exact) mass is 281 g/mol. The molecule has 1 unspecified atom stereocenters. The van der Waals surface area contributed by atoms with Crippen LogP contribution >= 0.6 is 0 Å². The van der Waals surface area contributed by atoms with Crippen LogP contribution in [0.3, 0.4) is 0 Å². The molecule has 0 amide bonds. The van der Waals surface area contributed by atoms with Crippen LogP contribution in [-0.4, -0.2) is 47.7 Å². The maximum atomic E-state index is 11.0. The Balaban J connectivity index is 1.81. The van der Waals surface area contributed by atoms with E-state index in [1.165, 1.54) is 6.07 Å². The molecule has 2 aliphatic rings. The van der Waals surface area contributed by atoms with E-state index in [1.807, 2.05) is 6.92 Å². The zero-order chi connectivity index (χ0) is 14.3. The van der Waals surface area contributed by atoms with Crippen molar-refractivity contribution in [2.45, 2.75) is 31.3 Å². The minimum absolute atomic E-state index is 0.0856. The number of aliphatic hydroxyl groups excluding tert-OH is 1. The van der Waals surface area contributed by atoms with Crippen LogP contribution in [0, 0.1) is 17.0 Å². The van der Waals surface area contributed by atoms with E-state index in [0.29, 0.717) is 0 Å². The third-order valence-corrected chi connectivity index (χ3v) is 3.57. The number of fused-ring (bicyclic) bond motifs is 1. The molecule has 2 heterocycles. The zero-order valence-corrected chi connectivity index (χ0v) is 10.9. The van der Waals surface area contributed by atoms with Crippen LogP contribution in [0.15, 0.2) is 18.2 Å². The molecule has 0 radical (unpaired) electrons. The van der Waals surface area contributed by atoms with Crippen molar-refractivity contribution in [3.63, 3.8) is 0 Å². The van der Waals surface area contributed by atoms with Gasteiger partial charge in [0.2, 0.25) is 0 Å². The largest absolute Gasteiger partial charge is 0.478 e. The molecule has 108 valence electrons. The lowest BCUT2D eigenvalue weighted by atomic mass is 10.1. The predicted molar refractivity (Wildman–Crippen MR) is 67.7 cm³/mol. The summed E-state index contributed by atoms with van der Waals surface area (Å²) in [4.78, 5) is 10.5. The van der Waals surface area contributed by atoms with Crippen LogP contribution < -0.4 is 4.74 Å². The normalized spacial score (nSPS) is 32.1. The van der Waals surface area contributed by atoms with Gasteiger partial charge in [-0.05, 0) is 18.6 Å². The van der Waals surface area contributed by atoms with Gasteiger partial charge in [0.15, 0.2) is 11.9 Å². The molecule has 2 aliphatic heterocycles. The SMILES string of the molecule is Cc1ccc([N+](=O)[O-])c(OC2CO[C@@H]3[C@H](O)CO[C@H]23)c1. The number of nitrogens with zero attached hydrogens (tertiary/aromatic N) is 1. The fourth-order valence-corrected chi connectivity index (χ4v) is 2.57. The number of hydrogen-bond acceptors (Lipinski definition) is 6. The molecule has 3 rings (SSSR count). The van der Waals surface area contributed by atoms with Gasteiger partial charge in [-0.1, -0.05) is 6.07 Å². The van der Waals surface area contributed by atoms with Crippen molar-refractivity contribution in [2.24, 2.45) is 0 Å². The lowest BCUT2D eigenvalue weighted by Crippen LogP contribution is -2.34. The molecule has 7 nitrogen and oxygen atoms in total.